The van der Waals surface area contributed by atoms with E-state index in [1.807, 2.05) is 0 Å². The Bertz CT molecular complexity index is 121. The van der Waals surface area contributed by atoms with Crippen LogP contribution in [-0.4, -0.2) is 27.4 Å². The van der Waals surface area contributed by atoms with Gasteiger partial charge in [0.2, 0.25) is 0 Å². The fraction of sp³-hybridized carbons (Fsp3) is 1.00. The minimum atomic E-state index is 0.274. The van der Waals surface area contributed by atoms with E-state index in [1.165, 1.54) is 0 Å². The molecule has 0 aliphatic heterocycles. The summed E-state index contributed by atoms with van der Waals surface area (Å²) in [7, 11) is 3.17. The van der Waals surface area contributed by atoms with E-state index < -0.39 is 0 Å². The van der Waals surface area contributed by atoms with Gasteiger partial charge in [-0.15, -0.1) is 0 Å². The normalized spacial score (nSPS) is 12.6. The second-order valence-corrected chi connectivity index (χ2v) is 1.25. The van der Waals surface area contributed by atoms with Crippen LogP contribution in [-0.2, 0) is 0 Å². The molecule has 0 radical (unpaired) electrons. The molecule has 0 aliphatic rings. The molecule has 10 heavy (non-hydrogen) atoms. The Labute approximate surface area is 59.2 Å². The van der Waals surface area contributed by atoms with Gasteiger partial charge >= 0.3 is 0 Å². The van der Waals surface area contributed by atoms with Gasteiger partial charge in [-0.05, 0) is 0 Å². The van der Waals surface area contributed by atoms with Crippen molar-refractivity contribution in [1.29, 1.82) is 0 Å². The molecule has 0 saturated heterocycles. The van der Waals surface area contributed by atoms with Gasteiger partial charge < -0.3 is 0 Å². The van der Waals surface area contributed by atoms with Crippen molar-refractivity contribution in [1.82, 2.24) is 0 Å². The van der Waals surface area contributed by atoms with Crippen molar-refractivity contribution >= 4 is 0 Å². The number of hydrogen-bond acceptors (Lipinski definition) is 6. The van der Waals surface area contributed by atoms with Gasteiger partial charge in [0, 0.05) is 14.1 Å². The molecule has 6 heteroatoms. The summed E-state index contributed by atoms with van der Waals surface area (Å²) >= 11 is 0. The molecule has 0 aromatic heterocycles. The second-order valence-electron chi connectivity index (χ2n) is 1.25. The van der Waals surface area contributed by atoms with E-state index >= 15 is 0 Å². The molecule has 0 bridgehead atoms. The molecule has 0 aromatic rings. The number of nitrogens with zero attached hydrogens (tertiary/aromatic N) is 6. The molecule has 0 atom stereocenters. The zero-order valence-corrected chi connectivity index (χ0v) is 6.10. The van der Waals surface area contributed by atoms with Gasteiger partial charge in [0.1, 0.15) is 0 Å². The third kappa shape index (κ3) is 6.80. The molecule has 0 spiro atoms. The topological polar surface area (TPSA) is 74.2 Å². The third-order valence-electron chi connectivity index (χ3n) is 0.636. The Morgan fingerprint density at radius 3 is 1.40 bits per heavy atom. The first-order valence-corrected chi connectivity index (χ1v) is 2.76. The fourth-order valence-corrected chi connectivity index (χ4v) is 0.273. The lowest BCUT2D eigenvalue weighted by atomic mass is 11.2. The van der Waals surface area contributed by atoms with Gasteiger partial charge in [-0.25, -0.2) is 0 Å². The molecule has 0 saturated carbocycles. The Hall–Kier alpha value is -1.20. The molecule has 6 nitrogen and oxygen atoms in total. The third-order valence-corrected chi connectivity index (χ3v) is 0.636. The zero-order valence-electron chi connectivity index (χ0n) is 6.10. The SMILES string of the molecule is CN=NC/N=N/CN=NC. The number of rotatable bonds is 4. The summed E-state index contributed by atoms with van der Waals surface area (Å²) in [6.07, 6.45) is 0. The average molecular weight is 142 g/mol. The van der Waals surface area contributed by atoms with Crippen LogP contribution in [0.4, 0.5) is 0 Å². The molecule has 0 rings (SSSR count). The largest absolute Gasteiger partial charge is 0.196 e. The van der Waals surface area contributed by atoms with Crippen LogP contribution in [0.2, 0.25) is 0 Å². The predicted octanol–water partition coefficient (Wildman–Crippen LogP) is 1.52. The first-order chi connectivity index (χ1) is 4.91. The Kier molecular flexibility index (Phi) is 6.86. The van der Waals surface area contributed by atoms with Crippen LogP contribution in [0.5, 0.6) is 0 Å². The lowest BCUT2D eigenvalue weighted by molar-refractivity contribution is 0.807. The van der Waals surface area contributed by atoms with Crippen LogP contribution < -0.4 is 0 Å². The van der Waals surface area contributed by atoms with Crippen molar-refractivity contribution in [2.24, 2.45) is 30.7 Å². The summed E-state index contributed by atoms with van der Waals surface area (Å²) in [6.45, 7) is 0.547. The molecule has 0 aliphatic carbocycles. The van der Waals surface area contributed by atoms with Crippen molar-refractivity contribution in [3.05, 3.63) is 0 Å². The second kappa shape index (κ2) is 7.80. The fourth-order valence-electron chi connectivity index (χ4n) is 0.273. The minimum Gasteiger partial charge on any atom is -0.196 e. The van der Waals surface area contributed by atoms with Gasteiger partial charge in [0.15, 0.2) is 13.3 Å². The molecular weight excluding hydrogens is 132 g/mol. The van der Waals surface area contributed by atoms with Crippen LogP contribution >= 0.6 is 0 Å². The Morgan fingerprint density at radius 2 is 1.10 bits per heavy atom. The van der Waals surface area contributed by atoms with E-state index in [2.05, 4.69) is 30.7 Å². The maximum Gasteiger partial charge on any atom is 0.170 e. The standard InChI is InChI=1S/C4H10N6/c1-5-7-3-9-10-4-8-6-2/h3-4H2,1-2H3/b7-5?,8-6?,10-9+. The molecule has 0 aromatic carbocycles. The molecule has 56 valence electrons. The van der Waals surface area contributed by atoms with Gasteiger partial charge in [0.05, 0.1) is 0 Å². The molecule has 0 fully saturated rings. The van der Waals surface area contributed by atoms with E-state index in [0.29, 0.717) is 0 Å². The van der Waals surface area contributed by atoms with E-state index in [4.69, 9.17) is 0 Å². The molecular formula is C4H10N6. The first-order valence-electron chi connectivity index (χ1n) is 2.76. The zero-order chi connectivity index (χ0) is 7.66. The van der Waals surface area contributed by atoms with Crippen molar-refractivity contribution in [2.75, 3.05) is 27.4 Å². The van der Waals surface area contributed by atoms with Crippen molar-refractivity contribution in [3.63, 3.8) is 0 Å². The predicted molar refractivity (Wildman–Crippen MR) is 36.1 cm³/mol. The highest BCUT2D eigenvalue weighted by molar-refractivity contribution is 4.30. The maximum atomic E-state index is 3.61. The van der Waals surface area contributed by atoms with Crippen LogP contribution in [0.1, 0.15) is 0 Å². The van der Waals surface area contributed by atoms with Crippen LogP contribution in [0, 0.1) is 0 Å². The van der Waals surface area contributed by atoms with E-state index in [1.54, 1.807) is 14.1 Å². The highest BCUT2D eigenvalue weighted by Crippen LogP contribution is 1.79. The van der Waals surface area contributed by atoms with Crippen LogP contribution in [0.15, 0.2) is 30.7 Å². The summed E-state index contributed by atoms with van der Waals surface area (Å²) in [6, 6.07) is 0. The smallest absolute Gasteiger partial charge is 0.170 e. The minimum absolute atomic E-state index is 0.274. The van der Waals surface area contributed by atoms with Crippen LogP contribution in [0.3, 0.4) is 0 Å². The van der Waals surface area contributed by atoms with Crippen LogP contribution in [0.25, 0.3) is 0 Å². The van der Waals surface area contributed by atoms with Gasteiger partial charge in [0.25, 0.3) is 0 Å². The molecule has 0 amide bonds. The quantitative estimate of drug-likeness (QED) is 0.534. The lowest BCUT2D eigenvalue weighted by Gasteiger charge is -1.79. The van der Waals surface area contributed by atoms with Crippen molar-refractivity contribution in [3.8, 4) is 0 Å². The average Bonchev–Trinajstić information content (AvgIpc) is 1.97. The monoisotopic (exact) mass is 142 g/mol. The molecule has 0 N–H and O–H groups in total. The maximum absolute atomic E-state index is 3.61. The highest BCUT2D eigenvalue weighted by atomic mass is 15.3. The summed E-state index contributed by atoms with van der Waals surface area (Å²) in [5, 5.41) is 21.3. The molecule has 0 unspecified atom stereocenters. The summed E-state index contributed by atoms with van der Waals surface area (Å²) in [4.78, 5) is 0. The van der Waals surface area contributed by atoms with E-state index in [0.717, 1.165) is 0 Å². The van der Waals surface area contributed by atoms with E-state index in [-0.39, 0.29) is 13.3 Å². The van der Waals surface area contributed by atoms with Gasteiger partial charge in [-0.3, -0.25) is 0 Å². The number of hydrogen-bond donors (Lipinski definition) is 0. The summed E-state index contributed by atoms with van der Waals surface area (Å²) in [5.74, 6) is 0. The first kappa shape index (κ1) is 8.80. The Morgan fingerprint density at radius 1 is 0.700 bits per heavy atom. The molecule has 0 heterocycles. The Balaban J connectivity index is 3.20. The summed E-state index contributed by atoms with van der Waals surface area (Å²) < 4.78 is 0. The van der Waals surface area contributed by atoms with Crippen molar-refractivity contribution < 1.29 is 0 Å². The van der Waals surface area contributed by atoms with Crippen molar-refractivity contribution in [2.45, 2.75) is 0 Å². The lowest BCUT2D eigenvalue weighted by Crippen LogP contribution is -1.71. The summed E-state index contributed by atoms with van der Waals surface area (Å²) in [5.41, 5.74) is 0. The number of azo groups is 3. The van der Waals surface area contributed by atoms with Gasteiger partial charge in [-0.1, -0.05) is 0 Å². The van der Waals surface area contributed by atoms with E-state index in [9.17, 15) is 0 Å². The van der Waals surface area contributed by atoms with Gasteiger partial charge in [-0.2, -0.15) is 30.7 Å². The highest BCUT2D eigenvalue weighted by Gasteiger charge is 1.71.